The molecule has 0 spiro atoms. The predicted octanol–water partition coefficient (Wildman–Crippen LogP) is 0.345. The Kier molecular flexibility index (Phi) is 3.75. The van der Waals surface area contributed by atoms with Gasteiger partial charge < -0.3 is 15.6 Å². The van der Waals surface area contributed by atoms with Gasteiger partial charge >= 0.3 is 0 Å². The fraction of sp³-hybridized carbons (Fsp3) is 0.636. The van der Waals surface area contributed by atoms with Crippen molar-refractivity contribution in [2.75, 3.05) is 25.0 Å². The van der Waals surface area contributed by atoms with Crippen molar-refractivity contribution in [2.45, 2.75) is 25.8 Å². The monoisotopic (exact) mass is 238 g/mol. The summed E-state index contributed by atoms with van der Waals surface area (Å²) in [5, 5.41) is 6.41. The van der Waals surface area contributed by atoms with Crippen LogP contribution in [0.4, 0.5) is 5.82 Å². The van der Waals surface area contributed by atoms with Crippen LogP contribution in [0.5, 0.6) is 0 Å². The van der Waals surface area contributed by atoms with E-state index in [1.807, 2.05) is 0 Å². The summed E-state index contributed by atoms with van der Waals surface area (Å²) < 4.78 is 4.87. The Balaban J connectivity index is 1.80. The Labute approximate surface area is 100 Å². The number of carbonyl (C=O) groups excluding carboxylic acids is 1. The maximum absolute atomic E-state index is 11.7. The molecular formula is C11H18N4O2. The van der Waals surface area contributed by atoms with Gasteiger partial charge in [-0.2, -0.15) is 0 Å². The summed E-state index contributed by atoms with van der Waals surface area (Å²) in [6.45, 7) is 3.86. The zero-order valence-electron chi connectivity index (χ0n) is 9.98. The van der Waals surface area contributed by atoms with E-state index in [2.05, 4.69) is 15.4 Å². The van der Waals surface area contributed by atoms with Gasteiger partial charge in [0.05, 0.1) is 6.54 Å². The molecule has 1 aliphatic heterocycles. The fourth-order valence-corrected chi connectivity index (χ4v) is 2.05. The Morgan fingerprint density at radius 2 is 2.59 bits per heavy atom. The number of amides is 1. The number of hydrogen-bond donors (Lipinski definition) is 2. The SMILES string of the molecule is Cc1cc(NC(=O)CN2CCC[C@@H](N)C2)no1. The zero-order chi connectivity index (χ0) is 12.3. The van der Waals surface area contributed by atoms with Crippen molar-refractivity contribution in [1.82, 2.24) is 10.1 Å². The molecule has 94 valence electrons. The lowest BCUT2D eigenvalue weighted by Crippen LogP contribution is -2.45. The fourth-order valence-electron chi connectivity index (χ4n) is 2.05. The maximum Gasteiger partial charge on any atom is 0.239 e. The van der Waals surface area contributed by atoms with Gasteiger partial charge in [-0.15, -0.1) is 0 Å². The molecule has 6 nitrogen and oxygen atoms in total. The second-order valence-corrected chi connectivity index (χ2v) is 4.51. The Morgan fingerprint density at radius 3 is 3.24 bits per heavy atom. The summed E-state index contributed by atoms with van der Waals surface area (Å²) >= 11 is 0. The van der Waals surface area contributed by atoms with Crippen LogP contribution < -0.4 is 11.1 Å². The van der Waals surface area contributed by atoms with Gasteiger partial charge in [-0.1, -0.05) is 5.16 Å². The second-order valence-electron chi connectivity index (χ2n) is 4.51. The Morgan fingerprint density at radius 1 is 1.76 bits per heavy atom. The summed E-state index contributed by atoms with van der Waals surface area (Å²) in [5.41, 5.74) is 5.86. The van der Waals surface area contributed by atoms with E-state index in [0.29, 0.717) is 18.1 Å². The molecule has 1 aromatic heterocycles. The van der Waals surface area contributed by atoms with Crippen molar-refractivity contribution in [1.29, 1.82) is 0 Å². The standard InChI is InChI=1S/C11H18N4O2/c1-8-5-10(14-17-8)13-11(16)7-15-4-2-3-9(12)6-15/h5,9H,2-4,6-7,12H2,1H3,(H,13,14,16)/t9-/m1/s1. The van der Waals surface area contributed by atoms with E-state index in [9.17, 15) is 4.79 Å². The first-order valence-corrected chi connectivity index (χ1v) is 5.84. The first kappa shape index (κ1) is 12.1. The van der Waals surface area contributed by atoms with Crippen LogP contribution in [0.15, 0.2) is 10.6 Å². The normalized spacial score (nSPS) is 21.4. The van der Waals surface area contributed by atoms with E-state index in [-0.39, 0.29) is 11.9 Å². The second kappa shape index (κ2) is 5.29. The zero-order valence-corrected chi connectivity index (χ0v) is 9.98. The van der Waals surface area contributed by atoms with E-state index in [0.717, 1.165) is 25.9 Å². The van der Waals surface area contributed by atoms with Gasteiger partial charge in [-0.25, -0.2) is 0 Å². The van der Waals surface area contributed by atoms with E-state index < -0.39 is 0 Å². The molecule has 1 atom stereocenters. The summed E-state index contributed by atoms with van der Waals surface area (Å²) in [4.78, 5) is 13.8. The number of nitrogens with one attached hydrogen (secondary N) is 1. The predicted molar refractivity (Wildman–Crippen MR) is 63.5 cm³/mol. The largest absolute Gasteiger partial charge is 0.360 e. The number of likely N-dealkylation sites (tertiary alicyclic amines) is 1. The van der Waals surface area contributed by atoms with Crippen molar-refractivity contribution in [3.8, 4) is 0 Å². The minimum Gasteiger partial charge on any atom is -0.360 e. The molecule has 2 rings (SSSR count). The third kappa shape index (κ3) is 3.54. The van der Waals surface area contributed by atoms with Crippen molar-refractivity contribution in [3.63, 3.8) is 0 Å². The topological polar surface area (TPSA) is 84.4 Å². The average Bonchev–Trinajstić information content (AvgIpc) is 2.63. The van der Waals surface area contributed by atoms with E-state index >= 15 is 0 Å². The lowest BCUT2D eigenvalue weighted by molar-refractivity contribution is -0.117. The summed E-state index contributed by atoms with van der Waals surface area (Å²) in [5.74, 6) is 1.07. The van der Waals surface area contributed by atoms with Gasteiger partial charge in [0, 0.05) is 18.7 Å². The number of hydrogen-bond acceptors (Lipinski definition) is 5. The van der Waals surface area contributed by atoms with Crippen LogP contribution in [-0.4, -0.2) is 41.6 Å². The lowest BCUT2D eigenvalue weighted by atomic mass is 10.1. The van der Waals surface area contributed by atoms with Crippen LogP contribution in [-0.2, 0) is 4.79 Å². The van der Waals surface area contributed by atoms with Crippen molar-refractivity contribution in [2.24, 2.45) is 5.73 Å². The van der Waals surface area contributed by atoms with Gasteiger partial charge in [0.25, 0.3) is 0 Å². The highest BCUT2D eigenvalue weighted by atomic mass is 16.5. The number of nitrogens with zero attached hydrogens (tertiary/aromatic N) is 2. The van der Waals surface area contributed by atoms with Gasteiger partial charge in [0.1, 0.15) is 5.76 Å². The van der Waals surface area contributed by atoms with E-state index in [1.54, 1.807) is 13.0 Å². The molecular weight excluding hydrogens is 220 g/mol. The average molecular weight is 238 g/mol. The maximum atomic E-state index is 11.7. The molecule has 0 unspecified atom stereocenters. The molecule has 2 heterocycles. The van der Waals surface area contributed by atoms with Gasteiger partial charge in [-0.3, -0.25) is 9.69 Å². The highest BCUT2D eigenvalue weighted by Crippen LogP contribution is 2.09. The summed E-state index contributed by atoms with van der Waals surface area (Å²) in [7, 11) is 0. The lowest BCUT2D eigenvalue weighted by Gasteiger charge is -2.29. The van der Waals surface area contributed by atoms with Gasteiger partial charge in [-0.05, 0) is 26.3 Å². The number of rotatable bonds is 3. The minimum absolute atomic E-state index is 0.0765. The van der Waals surface area contributed by atoms with Crippen molar-refractivity contribution >= 4 is 11.7 Å². The third-order valence-corrected chi connectivity index (χ3v) is 2.80. The van der Waals surface area contributed by atoms with Crippen molar-refractivity contribution in [3.05, 3.63) is 11.8 Å². The van der Waals surface area contributed by atoms with Crippen LogP contribution in [0, 0.1) is 6.92 Å². The molecule has 1 saturated heterocycles. The number of anilines is 1. The van der Waals surface area contributed by atoms with Crippen LogP contribution in [0.3, 0.4) is 0 Å². The molecule has 0 aromatic carbocycles. The van der Waals surface area contributed by atoms with Gasteiger partial charge in [0.15, 0.2) is 5.82 Å². The first-order chi connectivity index (χ1) is 8.13. The summed E-state index contributed by atoms with van der Waals surface area (Å²) in [6, 6.07) is 1.88. The van der Waals surface area contributed by atoms with Crippen LogP contribution in [0.25, 0.3) is 0 Å². The molecule has 1 amide bonds. The number of carbonyl (C=O) groups is 1. The Hall–Kier alpha value is -1.40. The molecule has 0 saturated carbocycles. The minimum atomic E-state index is -0.0765. The molecule has 17 heavy (non-hydrogen) atoms. The molecule has 6 heteroatoms. The summed E-state index contributed by atoms with van der Waals surface area (Å²) in [6.07, 6.45) is 2.10. The molecule has 0 aliphatic carbocycles. The molecule has 3 N–H and O–H groups in total. The first-order valence-electron chi connectivity index (χ1n) is 5.84. The highest BCUT2D eigenvalue weighted by molar-refractivity contribution is 5.91. The van der Waals surface area contributed by atoms with E-state index in [4.69, 9.17) is 10.3 Å². The number of nitrogens with two attached hydrogens (primary N) is 1. The number of piperidine rings is 1. The Bertz CT molecular complexity index is 391. The smallest absolute Gasteiger partial charge is 0.239 e. The molecule has 1 fully saturated rings. The van der Waals surface area contributed by atoms with Gasteiger partial charge in [0.2, 0.25) is 5.91 Å². The van der Waals surface area contributed by atoms with Crippen LogP contribution in [0.2, 0.25) is 0 Å². The highest BCUT2D eigenvalue weighted by Gasteiger charge is 2.19. The van der Waals surface area contributed by atoms with E-state index in [1.165, 1.54) is 0 Å². The molecule has 0 bridgehead atoms. The number of aromatic nitrogens is 1. The van der Waals surface area contributed by atoms with Crippen LogP contribution >= 0.6 is 0 Å². The van der Waals surface area contributed by atoms with Crippen molar-refractivity contribution < 1.29 is 9.32 Å². The quantitative estimate of drug-likeness (QED) is 0.793. The molecule has 0 radical (unpaired) electrons. The third-order valence-electron chi connectivity index (χ3n) is 2.80. The van der Waals surface area contributed by atoms with Crippen LogP contribution in [0.1, 0.15) is 18.6 Å². The molecule has 1 aromatic rings. The molecule has 1 aliphatic rings. The number of aryl methyl sites for hydroxylation is 1.